The third kappa shape index (κ3) is 3.38. The number of anilines is 1. The van der Waals surface area contributed by atoms with Crippen LogP contribution in [0.4, 0.5) is 5.69 Å². The van der Waals surface area contributed by atoms with Crippen LogP contribution in [0, 0.1) is 0 Å². The summed E-state index contributed by atoms with van der Waals surface area (Å²) in [4.78, 5) is 5.06. The van der Waals surface area contributed by atoms with Crippen LogP contribution in [-0.4, -0.2) is 43.1 Å². The van der Waals surface area contributed by atoms with Crippen LogP contribution in [0.3, 0.4) is 0 Å². The standard InChI is InChI=1S/C14H20ClN3S/c1-17(2)11-5-7-18(8-6-11)13-9-10(15)3-4-12(13)14(16)19/h3-4,9,11H,5-8H2,1-2H3,(H2,16,19). The maximum absolute atomic E-state index is 6.10. The lowest BCUT2D eigenvalue weighted by Crippen LogP contribution is -2.42. The van der Waals surface area contributed by atoms with Crippen LogP contribution >= 0.6 is 23.8 Å². The van der Waals surface area contributed by atoms with Crippen molar-refractivity contribution in [2.45, 2.75) is 18.9 Å². The highest BCUT2D eigenvalue weighted by atomic mass is 35.5. The van der Waals surface area contributed by atoms with Crippen molar-refractivity contribution in [3.8, 4) is 0 Å². The molecule has 0 unspecified atom stereocenters. The Balaban J connectivity index is 2.19. The van der Waals surface area contributed by atoms with E-state index in [1.165, 1.54) is 0 Å². The fourth-order valence-electron chi connectivity index (χ4n) is 2.60. The third-order valence-electron chi connectivity index (χ3n) is 3.76. The predicted molar refractivity (Wildman–Crippen MR) is 86.3 cm³/mol. The fraction of sp³-hybridized carbons (Fsp3) is 0.500. The number of nitrogens with two attached hydrogens (primary N) is 1. The van der Waals surface area contributed by atoms with Gasteiger partial charge in [-0.1, -0.05) is 23.8 Å². The van der Waals surface area contributed by atoms with E-state index in [1.54, 1.807) is 0 Å². The second-order valence-corrected chi connectivity index (χ2v) is 6.08. The summed E-state index contributed by atoms with van der Waals surface area (Å²) in [6.07, 6.45) is 2.30. The summed E-state index contributed by atoms with van der Waals surface area (Å²) in [7, 11) is 4.28. The van der Waals surface area contributed by atoms with Gasteiger partial charge in [-0.05, 0) is 45.1 Å². The molecule has 2 N–H and O–H groups in total. The number of benzene rings is 1. The van der Waals surface area contributed by atoms with Crippen LogP contribution in [0.1, 0.15) is 18.4 Å². The molecule has 2 rings (SSSR count). The van der Waals surface area contributed by atoms with Gasteiger partial charge in [0.15, 0.2) is 0 Å². The van der Waals surface area contributed by atoms with Gasteiger partial charge in [0.1, 0.15) is 4.99 Å². The molecule has 1 aromatic rings. The van der Waals surface area contributed by atoms with E-state index in [2.05, 4.69) is 23.9 Å². The van der Waals surface area contributed by atoms with Gasteiger partial charge < -0.3 is 15.5 Å². The minimum atomic E-state index is 0.432. The highest BCUT2D eigenvalue weighted by molar-refractivity contribution is 7.80. The van der Waals surface area contributed by atoms with Gasteiger partial charge in [-0.3, -0.25) is 0 Å². The highest BCUT2D eigenvalue weighted by Gasteiger charge is 2.22. The van der Waals surface area contributed by atoms with Crippen molar-refractivity contribution >= 4 is 34.5 Å². The molecule has 0 atom stereocenters. The molecule has 1 saturated heterocycles. The van der Waals surface area contributed by atoms with Gasteiger partial charge in [0.2, 0.25) is 0 Å². The number of hydrogen-bond donors (Lipinski definition) is 1. The third-order valence-corrected chi connectivity index (χ3v) is 4.22. The Morgan fingerprint density at radius 2 is 2.00 bits per heavy atom. The number of nitrogens with zero attached hydrogens (tertiary/aromatic N) is 2. The number of rotatable bonds is 3. The van der Waals surface area contributed by atoms with Gasteiger partial charge in [-0.15, -0.1) is 0 Å². The smallest absolute Gasteiger partial charge is 0.106 e. The Morgan fingerprint density at radius 1 is 1.37 bits per heavy atom. The first-order chi connectivity index (χ1) is 8.99. The lowest BCUT2D eigenvalue weighted by Gasteiger charge is -2.37. The minimum Gasteiger partial charge on any atom is -0.389 e. The molecule has 104 valence electrons. The first-order valence-electron chi connectivity index (χ1n) is 6.50. The molecule has 1 fully saturated rings. The molecule has 0 spiro atoms. The van der Waals surface area contributed by atoms with Crippen molar-refractivity contribution in [2.24, 2.45) is 5.73 Å². The highest BCUT2D eigenvalue weighted by Crippen LogP contribution is 2.28. The van der Waals surface area contributed by atoms with Gasteiger partial charge in [0, 0.05) is 35.4 Å². The molecule has 1 aliphatic rings. The van der Waals surface area contributed by atoms with Crippen molar-refractivity contribution < 1.29 is 0 Å². The topological polar surface area (TPSA) is 32.5 Å². The van der Waals surface area contributed by atoms with Crippen molar-refractivity contribution in [3.05, 3.63) is 28.8 Å². The summed E-state index contributed by atoms with van der Waals surface area (Å²) >= 11 is 11.2. The molecular weight excluding hydrogens is 278 g/mol. The summed E-state index contributed by atoms with van der Waals surface area (Å²) in [5, 5.41) is 0.727. The lowest BCUT2D eigenvalue weighted by atomic mass is 10.0. The Hall–Kier alpha value is -0.840. The number of halogens is 1. The van der Waals surface area contributed by atoms with Gasteiger partial charge in [-0.2, -0.15) is 0 Å². The van der Waals surface area contributed by atoms with Gasteiger partial charge in [0.25, 0.3) is 0 Å². The van der Waals surface area contributed by atoms with E-state index in [1.807, 2.05) is 18.2 Å². The van der Waals surface area contributed by atoms with E-state index in [0.717, 1.165) is 42.2 Å². The van der Waals surface area contributed by atoms with E-state index in [-0.39, 0.29) is 0 Å². The zero-order valence-corrected chi connectivity index (χ0v) is 13.0. The van der Waals surface area contributed by atoms with Crippen molar-refractivity contribution in [1.29, 1.82) is 0 Å². The van der Waals surface area contributed by atoms with Crippen LogP contribution in [0.25, 0.3) is 0 Å². The average molecular weight is 298 g/mol. The maximum Gasteiger partial charge on any atom is 0.106 e. The number of piperidine rings is 1. The molecule has 0 saturated carbocycles. The normalized spacial score (nSPS) is 16.9. The molecule has 19 heavy (non-hydrogen) atoms. The molecular formula is C14H20ClN3S. The molecule has 1 heterocycles. The summed E-state index contributed by atoms with van der Waals surface area (Å²) in [6, 6.07) is 6.37. The molecule has 0 aromatic heterocycles. The Bertz CT molecular complexity index is 468. The van der Waals surface area contributed by atoms with Crippen molar-refractivity contribution in [3.63, 3.8) is 0 Å². The minimum absolute atomic E-state index is 0.432. The maximum atomic E-state index is 6.10. The molecule has 5 heteroatoms. The number of thiocarbonyl (C=S) groups is 1. The summed E-state index contributed by atoms with van der Waals surface area (Å²) in [5.74, 6) is 0. The van der Waals surface area contributed by atoms with Crippen LogP contribution in [-0.2, 0) is 0 Å². The van der Waals surface area contributed by atoms with E-state index in [4.69, 9.17) is 29.6 Å². The fourth-order valence-corrected chi connectivity index (χ4v) is 2.94. The first kappa shape index (κ1) is 14.6. The van der Waals surface area contributed by atoms with Gasteiger partial charge >= 0.3 is 0 Å². The monoisotopic (exact) mass is 297 g/mol. The summed E-state index contributed by atoms with van der Waals surface area (Å²) < 4.78 is 0. The number of hydrogen-bond acceptors (Lipinski definition) is 3. The SMILES string of the molecule is CN(C)C1CCN(c2cc(Cl)ccc2C(N)=S)CC1. The molecule has 1 aromatic carbocycles. The molecule has 0 radical (unpaired) electrons. The van der Waals surface area contributed by atoms with E-state index >= 15 is 0 Å². The Kier molecular flexibility index (Phi) is 4.66. The predicted octanol–water partition coefficient (Wildman–Crippen LogP) is 2.50. The van der Waals surface area contributed by atoms with Crippen molar-refractivity contribution in [2.75, 3.05) is 32.1 Å². The Labute approximate surface area is 125 Å². The first-order valence-corrected chi connectivity index (χ1v) is 7.28. The Morgan fingerprint density at radius 3 is 2.53 bits per heavy atom. The molecule has 0 aliphatic carbocycles. The lowest BCUT2D eigenvalue weighted by molar-refractivity contribution is 0.249. The van der Waals surface area contributed by atoms with Crippen molar-refractivity contribution in [1.82, 2.24) is 4.90 Å². The molecule has 0 bridgehead atoms. The molecule has 1 aliphatic heterocycles. The van der Waals surface area contributed by atoms with E-state index in [0.29, 0.717) is 11.0 Å². The second-order valence-electron chi connectivity index (χ2n) is 5.21. The van der Waals surface area contributed by atoms with E-state index in [9.17, 15) is 0 Å². The van der Waals surface area contributed by atoms with Crippen LogP contribution in [0.15, 0.2) is 18.2 Å². The van der Waals surface area contributed by atoms with Crippen LogP contribution in [0.2, 0.25) is 5.02 Å². The van der Waals surface area contributed by atoms with Crippen LogP contribution < -0.4 is 10.6 Å². The quantitative estimate of drug-likeness (QED) is 0.869. The van der Waals surface area contributed by atoms with Gasteiger partial charge in [-0.25, -0.2) is 0 Å². The van der Waals surface area contributed by atoms with Gasteiger partial charge in [0.05, 0.1) is 0 Å². The summed E-state index contributed by atoms with van der Waals surface area (Å²) in [6.45, 7) is 2.03. The second kappa shape index (κ2) is 6.07. The summed E-state index contributed by atoms with van der Waals surface area (Å²) in [5.41, 5.74) is 7.79. The van der Waals surface area contributed by atoms with E-state index < -0.39 is 0 Å². The zero-order chi connectivity index (χ0) is 14.0. The zero-order valence-electron chi connectivity index (χ0n) is 11.4. The largest absolute Gasteiger partial charge is 0.389 e. The molecule has 0 amide bonds. The van der Waals surface area contributed by atoms with Crippen LogP contribution in [0.5, 0.6) is 0 Å². The molecule has 3 nitrogen and oxygen atoms in total. The average Bonchev–Trinajstić information content (AvgIpc) is 2.38.